The molecule has 0 heterocycles. The Morgan fingerprint density at radius 3 is 2.69 bits per heavy atom. The molecule has 13 heavy (non-hydrogen) atoms. The van der Waals surface area contributed by atoms with Crippen LogP contribution in [0.25, 0.3) is 0 Å². The highest BCUT2D eigenvalue weighted by molar-refractivity contribution is 5.98. The van der Waals surface area contributed by atoms with Gasteiger partial charge in [-0.3, -0.25) is 4.79 Å². The molecule has 0 N–H and O–H groups in total. The molecular weight excluding hydrogens is 160 g/mol. The Labute approximate surface area is 79.8 Å². The first-order valence-corrected chi connectivity index (χ1v) is 4.41. The van der Waals surface area contributed by atoms with E-state index in [2.05, 4.69) is 13.0 Å². The van der Waals surface area contributed by atoms with Gasteiger partial charge in [0.05, 0.1) is 0 Å². The predicted molar refractivity (Wildman–Crippen MR) is 55.2 cm³/mol. The normalized spacial score (nSPS) is 20.4. The highest BCUT2D eigenvalue weighted by Crippen LogP contribution is 2.30. The summed E-state index contributed by atoms with van der Waals surface area (Å²) in [5, 5.41) is 0. The van der Waals surface area contributed by atoms with E-state index in [1.807, 2.05) is 18.2 Å². The van der Waals surface area contributed by atoms with Gasteiger partial charge in [-0.1, -0.05) is 38.6 Å². The molecule has 1 aromatic carbocycles. The van der Waals surface area contributed by atoms with Crippen LogP contribution < -0.4 is 0 Å². The van der Waals surface area contributed by atoms with Crippen molar-refractivity contribution in [2.24, 2.45) is 0 Å². The fraction of sp³-hybridized carbons (Fsp3) is 0.417. The summed E-state index contributed by atoms with van der Waals surface area (Å²) < 4.78 is 0. The third kappa shape index (κ3) is 1.64. The summed E-state index contributed by atoms with van der Waals surface area (Å²) >= 11 is 0. The lowest BCUT2D eigenvalue weighted by Gasteiger charge is -2.20. The van der Waals surface area contributed by atoms with Gasteiger partial charge in [0, 0.05) is 12.0 Å². The van der Waals surface area contributed by atoms with Gasteiger partial charge in [-0.25, -0.2) is 0 Å². The summed E-state index contributed by atoms with van der Waals surface area (Å²) in [7, 11) is 0. The van der Waals surface area contributed by atoms with Crippen molar-refractivity contribution < 1.29 is 4.79 Å². The highest BCUT2D eigenvalue weighted by Gasteiger charge is 2.21. The molecule has 0 radical (unpaired) electrons. The van der Waals surface area contributed by atoms with Gasteiger partial charge in [0.25, 0.3) is 0 Å². The molecule has 0 spiro atoms. The van der Waals surface area contributed by atoms with Crippen molar-refractivity contribution in [1.82, 2.24) is 0 Å². The van der Waals surface area contributed by atoms with E-state index in [0.29, 0.717) is 11.7 Å². The number of carbonyl (C=O) groups excluding carboxylic acids is 1. The number of ketones is 1. The first kappa shape index (κ1) is 9.97. The Morgan fingerprint density at radius 2 is 2.00 bits per heavy atom. The van der Waals surface area contributed by atoms with Crippen molar-refractivity contribution in [3.05, 3.63) is 35.4 Å². The van der Waals surface area contributed by atoms with E-state index in [0.717, 1.165) is 18.4 Å². The molecule has 1 aliphatic rings. The van der Waals surface area contributed by atoms with E-state index in [-0.39, 0.29) is 7.43 Å². The Hall–Kier alpha value is -1.11. The van der Waals surface area contributed by atoms with Crippen molar-refractivity contribution in [2.75, 3.05) is 0 Å². The summed E-state index contributed by atoms with van der Waals surface area (Å²) in [6.07, 6.45) is 1.73. The zero-order chi connectivity index (χ0) is 8.55. The molecule has 1 aromatic rings. The second kappa shape index (κ2) is 3.73. The minimum atomic E-state index is 0. The second-order valence-electron chi connectivity index (χ2n) is 3.45. The van der Waals surface area contributed by atoms with Crippen molar-refractivity contribution >= 4 is 5.78 Å². The van der Waals surface area contributed by atoms with Crippen LogP contribution >= 0.6 is 0 Å². The first-order valence-electron chi connectivity index (χ1n) is 4.41. The fourth-order valence-electron chi connectivity index (χ4n) is 1.82. The van der Waals surface area contributed by atoms with Gasteiger partial charge < -0.3 is 0 Å². The maximum Gasteiger partial charge on any atom is 0.163 e. The van der Waals surface area contributed by atoms with E-state index < -0.39 is 0 Å². The summed E-state index contributed by atoms with van der Waals surface area (Å²) in [6, 6.07) is 7.95. The SMILES string of the molecule is C.CC1CCC(=O)c2ccccc21. The number of Topliss-reactive ketones (excluding diaryl/α,β-unsaturated/α-hetero) is 1. The summed E-state index contributed by atoms with van der Waals surface area (Å²) in [5.41, 5.74) is 2.17. The molecule has 2 rings (SSSR count). The lowest BCUT2D eigenvalue weighted by molar-refractivity contribution is 0.0968. The van der Waals surface area contributed by atoms with E-state index in [4.69, 9.17) is 0 Å². The topological polar surface area (TPSA) is 17.1 Å². The molecule has 70 valence electrons. The second-order valence-corrected chi connectivity index (χ2v) is 3.45. The zero-order valence-corrected chi connectivity index (χ0v) is 7.21. The molecule has 0 bridgehead atoms. The molecule has 1 aliphatic carbocycles. The first-order chi connectivity index (χ1) is 5.79. The van der Waals surface area contributed by atoms with Crippen molar-refractivity contribution in [3.8, 4) is 0 Å². The molecule has 0 saturated heterocycles. The average molecular weight is 176 g/mol. The van der Waals surface area contributed by atoms with Gasteiger partial charge in [-0.15, -0.1) is 0 Å². The number of carbonyl (C=O) groups is 1. The van der Waals surface area contributed by atoms with Gasteiger partial charge in [-0.05, 0) is 17.9 Å². The number of rotatable bonds is 0. The van der Waals surface area contributed by atoms with Gasteiger partial charge in [0.15, 0.2) is 5.78 Å². The van der Waals surface area contributed by atoms with E-state index in [1.54, 1.807) is 0 Å². The Morgan fingerprint density at radius 1 is 1.31 bits per heavy atom. The van der Waals surface area contributed by atoms with Crippen molar-refractivity contribution in [3.63, 3.8) is 0 Å². The molecule has 0 amide bonds. The van der Waals surface area contributed by atoms with Crippen LogP contribution in [-0.4, -0.2) is 5.78 Å². The van der Waals surface area contributed by atoms with E-state index >= 15 is 0 Å². The fourth-order valence-corrected chi connectivity index (χ4v) is 1.82. The Kier molecular flexibility index (Phi) is 2.86. The summed E-state index contributed by atoms with van der Waals surface area (Å²) in [6.45, 7) is 2.19. The minimum Gasteiger partial charge on any atom is -0.294 e. The van der Waals surface area contributed by atoms with Crippen LogP contribution in [0.5, 0.6) is 0 Å². The van der Waals surface area contributed by atoms with E-state index in [1.165, 1.54) is 5.56 Å². The number of hydrogen-bond donors (Lipinski definition) is 0. The lowest BCUT2D eigenvalue weighted by Crippen LogP contribution is -2.13. The Balaban J connectivity index is 0.000000845. The van der Waals surface area contributed by atoms with Crippen LogP contribution in [0.1, 0.15) is 49.0 Å². The maximum absolute atomic E-state index is 11.4. The molecule has 0 aliphatic heterocycles. The maximum atomic E-state index is 11.4. The van der Waals surface area contributed by atoms with Crippen LogP contribution in [-0.2, 0) is 0 Å². The van der Waals surface area contributed by atoms with Crippen LogP contribution in [0.2, 0.25) is 0 Å². The quantitative estimate of drug-likeness (QED) is 0.592. The molecule has 0 fully saturated rings. The molecule has 0 saturated carbocycles. The van der Waals surface area contributed by atoms with Gasteiger partial charge in [-0.2, -0.15) is 0 Å². The molecule has 1 heteroatoms. The largest absolute Gasteiger partial charge is 0.294 e. The standard InChI is InChI=1S/C11H12O.CH4/c1-8-6-7-11(12)10-5-3-2-4-9(8)10;/h2-5,8H,6-7H2,1H3;1H4. The molecule has 1 nitrogen and oxygen atoms in total. The number of hydrogen-bond acceptors (Lipinski definition) is 1. The van der Waals surface area contributed by atoms with Crippen LogP contribution in [0.15, 0.2) is 24.3 Å². The number of fused-ring (bicyclic) bond motifs is 1. The van der Waals surface area contributed by atoms with Gasteiger partial charge >= 0.3 is 0 Å². The third-order valence-electron chi connectivity index (χ3n) is 2.60. The van der Waals surface area contributed by atoms with Gasteiger partial charge in [0.2, 0.25) is 0 Å². The average Bonchev–Trinajstić information content (AvgIpc) is 2.12. The molecule has 1 unspecified atom stereocenters. The van der Waals surface area contributed by atoms with Crippen LogP contribution in [0.3, 0.4) is 0 Å². The zero-order valence-electron chi connectivity index (χ0n) is 7.21. The van der Waals surface area contributed by atoms with Crippen molar-refractivity contribution in [2.45, 2.75) is 33.1 Å². The van der Waals surface area contributed by atoms with Crippen molar-refractivity contribution in [1.29, 1.82) is 0 Å². The predicted octanol–water partition coefficient (Wildman–Crippen LogP) is 3.40. The Bertz CT molecular complexity index is 315. The lowest BCUT2D eigenvalue weighted by atomic mass is 9.83. The molecule has 1 atom stereocenters. The summed E-state index contributed by atoms with van der Waals surface area (Å²) in [5.74, 6) is 0.864. The van der Waals surface area contributed by atoms with E-state index in [9.17, 15) is 4.79 Å². The summed E-state index contributed by atoms with van der Waals surface area (Å²) in [4.78, 5) is 11.4. The minimum absolute atomic E-state index is 0. The molecular formula is C12H16O. The van der Waals surface area contributed by atoms with Crippen LogP contribution in [0.4, 0.5) is 0 Å². The van der Waals surface area contributed by atoms with Gasteiger partial charge in [0.1, 0.15) is 0 Å². The molecule has 0 aromatic heterocycles. The number of benzene rings is 1. The smallest absolute Gasteiger partial charge is 0.163 e. The third-order valence-corrected chi connectivity index (χ3v) is 2.60. The van der Waals surface area contributed by atoms with Crippen LogP contribution in [0, 0.1) is 0 Å². The monoisotopic (exact) mass is 176 g/mol. The highest BCUT2D eigenvalue weighted by atomic mass is 16.1.